The first-order chi connectivity index (χ1) is 9.45. The molecule has 0 unspecified atom stereocenters. The highest BCUT2D eigenvalue weighted by atomic mass is 79.9. The van der Waals surface area contributed by atoms with Crippen molar-refractivity contribution in [3.05, 3.63) is 63.1 Å². The maximum absolute atomic E-state index is 12.2. The van der Waals surface area contributed by atoms with E-state index < -0.39 is 0 Å². The predicted molar refractivity (Wildman–Crippen MR) is 87.1 cm³/mol. The van der Waals surface area contributed by atoms with Crippen LogP contribution in [-0.2, 0) is 11.2 Å². The maximum atomic E-state index is 12.2. The quantitative estimate of drug-likeness (QED) is 0.877. The van der Waals surface area contributed by atoms with E-state index in [-0.39, 0.29) is 5.91 Å². The summed E-state index contributed by atoms with van der Waals surface area (Å²) in [5, 5.41) is 3.01. The third kappa shape index (κ3) is 3.70. The number of hydrogen-bond acceptors (Lipinski definition) is 1. The van der Waals surface area contributed by atoms with E-state index in [1.54, 1.807) is 0 Å². The van der Waals surface area contributed by atoms with Crippen LogP contribution in [0.4, 0.5) is 5.69 Å². The average Bonchev–Trinajstić information content (AvgIpc) is 2.33. The summed E-state index contributed by atoms with van der Waals surface area (Å²) in [6, 6.07) is 12.1. The average molecular weight is 332 g/mol. The zero-order chi connectivity index (χ0) is 14.7. The summed E-state index contributed by atoms with van der Waals surface area (Å²) in [6.07, 6.45) is 0.399. The summed E-state index contributed by atoms with van der Waals surface area (Å²) < 4.78 is 1.03. The van der Waals surface area contributed by atoms with Crippen LogP contribution in [0.25, 0.3) is 0 Å². The molecule has 0 atom stereocenters. The van der Waals surface area contributed by atoms with Crippen molar-refractivity contribution >= 4 is 27.5 Å². The Labute approximate surface area is 128 Å². The van der Waals surface area contributed by atoms with Crippen LogP contribution in [0, 0.1) is 20.8 Å². The fourth-order valence-electron chi connectivity index (χ4n) is 2.30. The van der Waals surface area contributed by atoms with Gasteiger partial charge in [-0.3, -0.25) is 4.79 Å². The minimum Gasteiger partial charge on any atom is -0.325 e. The molecule has 0 fully saturated rings. The molecule has 1 amide bonds. The van der Waals surface area contributed by atoms with Crippen molar-refractivity contribution in [3.8, 4) is 0 Å². The largest absolute Gasteiger partial charge is 0.325 e. The van der Waals surface area contributed by atoms with Gasteiger partial charge in [0.15, 0.2) is 0 Å². The molecule has 0 radical (unpaired) electrons. The Hall–Kier alpha value is -1.61. The number of benzene rings is 2. The zero-order valence-electron chi connectivity index (χ0n) is 12.0. The van der Waals surface area contributed by atoms with E-state index in [2.05, 4.69) is 21.2 Å². The Morgan fingerprint density at radius 1 is 1.10 bits per heavy atom. The number of aryl methyl sites for hydroxylation is 3. The minimum atomic E-state index is 0.0177. The molecule has 0 heterocycles. The van der Waals surface area contributed by atoms with Gasteiger partial charge in [0, 0.05) is 10.2 Å². The molecule has 0 aliphatic carbocycles. The van der Waals surface area contributed by atoms with Crippen LogP contribution in [0.2, 0.25) is 0 Å². The lowest BCUT2D eigenvalue weighted by Crippen LogP contribution is -2.16. The predicted octanol–water partition coefficient (Wildman–Crippen LogP) is 4.56. The van der Waals surface area contributed by atoms with Crippen molar-refractivity contribution in [2.45, 2.75) is 27.2 Å². The van der Waals surface area contributed by atoms with Gasteiger partial charge in [-0.1, -0.05) is 45.8 Å². The number of carbonyl (C=O) groups excluding carboxylic acids is 1. The highest BCUT2D eigenvalue weighted by Gasteiger charge is 2.09. The zero-order valence-corrected chi connectivity index (χ0v) is 13.5. The van der Waals surface area contributed by atoms with Crippen LogP contribution in [0.1, 0.15) is 22.3 Å². The second-order valence-corrected chi connectivity index (χ2v) is 6.04. The normalized spacial score (nSPS) is 10.4. The maximum Gasteiger partial charge on any atom is 0.228 e. The van der Waals surface area contributed by atoms with Crippen molar-refractivity contribution in [1.82, 2.24) is 0 Å². The topological polar surface area (TPSA) is 29.1 Å². The summed E-state index contributed by atoms with van der Waals surface area (Å²) in [6.45, 7) is 6.03. The van der Waals surface area contributed by atoms with Gasteiger partial charge in [-0.15, -0.1) is 0 Å². The van der Waals surface area contributed by atoms with E-state index in [1.807, 2.05) is 57.2 Å². The van der Waals surface area contributed by atoms with E-state index in [9.17, 15) is 4.79 Å². The molecule has 0 aliphatic heterocycles. The second kappa shape index (κ2) is 6.23. The second-order valence-electron chi connectivity index (χ2n) is 5.13. The lowest BCUT2D eigenvalue weighted by molar-refractivity contribution is -0.115. The number of nitrogens with one attached hydrogen (secondary N) is 1. The van der Waals surface area contributed by atoms with Crippen LogP contribution in [0.3, 0.4) is 0 Å². The molecule has 2 nitrogen and oxygen atoms in total. The molecular weight excluding hydrogens is 314 g/mol. The summed E-state index contributed by atoms with van der Waals surface area (Å²) >= 11 is 3.46. The molecular formula is C17H18BrNO. The number of anilines is 1. The molecule has 2 aromatic carbocycles. The Kier molecular flexibility index (Phi) is 4.61. The Bertz CT molecular complexity index is 626. The highest BCUT2D eigenvalue weighted by Crippen LogP contribution is 2.25. The SMILES string of the molecule is Cc1cccc(CC(=O)Nc2c(C)cc(Br)cc2C)c1. The molecule has 2 aromatic rings. The van der Waals surface area contributed by atoms with Gasteiger partial charge in [0.05, 0.1) is 6.42 Å². The van der Waals surface area contributed by atoms with Crippen molar-refractivity contribution < 1.29 is 4.79 Å². The molecule has 0 aliphatic rings. The van der Waals surface area contributed by atoms with Crippen molar-refractivity contribution in [1.29, 1.82) is 0 Å². The molecule has 0 saturated heterocycles. The van der Waals surface area contributed by atoms with Crippen molar-refractivity contribution in [3.63, 3.8) is 0 Å². The summed E-state index contributed by atoms with van der Waals surface area (Å²) in [5.74, 6) is 0.0177. The molecule has 104 valence electrons. The lowest BCUT2D eigenvalue weighted by Gasteiger charge is -2.12. The third-order valence-corrected chi connectivity index (χ3v) is 3.67. The van der Waals surface area contributed by atoms with E-state index >= 15 is 0 Å². The van der Waals surface area contributed by atoms with Gasteiger partial charge >= 0.3 is 0 Å². The molecule has 1 N–H and O–H groups in total. The number of amides is 1. The number of carbonyl (C=O) groups is 1. The van der Waals surface area contributed by atoms with E-state index in [1.165, 1.54) is 5.56 Å². The van der Waals surface area contributed by atoms with Crippen molar-refractivity contribution in [2.75, 3.05) is 5.32 Å². The Morgan fingerprint density at radius 2 is 1.75 bits per heavy atom. The van der Waals surface area contributed by atoms with Gasteiger partial charge in [0.1, 0.15) is 0 Å². The fraction of sp³-hybridized carbons (Fsp3) is 0.235. The lowest BCUT2D eigenvalue weighted by atomic mass is 10.1. The molecule has 0 spiro atoms. The third-order valence-electron chi connectivity index (χ3n) is 3.21. The monoisotopic (exact) mass is 331 g/mol. The number of hydrogen-bond donors (Lipinski definition) is 1. The van der Waals surface area contributed by atoms with Crippen LogP contribution >= 0.6 is 15.9 Å². The van der Waals surface area contributed by atoms with Crippen LogP contribution < -0.4 is 5.32 Å². The standard InChI is InChI=1S/C17H18BrNO/c1-11-5-4-6-14(7-11)10-16(20)19-17-12(2)8-15(18)9-13(17)3/h4-9H,10H2,1-3H3,(H,19,20). The van der Waals surface area contributed by atoms with Crippen LogP contribution in [-0.4, -0.2) is 5.91 Å². The first kappa shape index (κ1) is 14.8. The molecule has 2 rings (SSSR count). The van der Waals surface area contributed by atoms with Gasteiger partial charge in [0.2, 0.25) is 5.91 Å². The van der Waals surface area contributed by atoms with E-state index in [4.69, 9.17) is 0 Å². The molecule has 0 saturated carbocycles. The molecule has 20 heavy (non-hydrogen) atoms. The Morgan fingerprint density at radius 3 is 2.35 bits per heavy atom. The van der Waals surface area contributed by atoms with Crippen LogP contribution in [0.15, 0.2) is 40.9 Å². The van der Waals surface area contributed by atoms with Gasteiger partial charge in [-0.25, -0.2) is 0 Å². The first-order valence-electron chi connectivity index (χ1n) is 6.58. The van der Waals surface area contributed by atoms with Gasteiger partial charge < -0.3 is 5.32 Å². The molecule has 0 aromatic heterocycles. The number of halogens is 1. The summed E-state index contributed by atoms with van der Waals surface area (Å²) in [7, 11) is 0. The van der Waals surface area contributed by atoms with Crippen LogP contribution in [0.5, 0.6) is 0 Å². The smallest absolute Gasteiger partial charge is 0.228 e. The number of rotatable bonds is 3. The first-order valence-corrected chi connectivity index (χ1v) is 7.37. The van der Waals surface area contributed by atoms with E-state index in [0.29, 0.717) is 6.42 Å². The minimum absolute atomic E-state index is 0.0177. The summed E-state index contributed by atoms with van der Waals surface area (Å²) in [5.41, 5.74) is 5.25. The van der Waals surface area contributed by atoms with Gasteiger partial charge in [0.25, 0.3) is 0 Å². The molecule has 3 heteroatoms. The summed E-state index contributed by atoms with van der Waals surface area (Å²) in [4.78, 5) is 12.2. The highest BCUT2D eigenvalue weighted by molar-refractivity contribution is 9.10. The fourth-order valence-corrected chi connectivity index (χ4v) is 2.99. The van der Waals surface area contributed by atoms with Crippen molar-refractivity contribution in [2.24, 2.45) is 0 Å². The van der Waals surface area contributed by atoms with E-state index in [0.717, 1.165) is 26.9 Å². The van der Waals surface area contributed by atoms with Gasteiger partial charge in [-0.2, -0.15) is 0 Å². The van der Waals surface area contributed by atoms with Gasteiger partial charge in [-0.05, 0) is 49.6 Å². The Balaban J connectivity index is 2.13. The molecule has 0 bridgehead atoms.